The van der Waals surface area contributed by atoms with Crippen molar-refractivity contribution in [2.45, 2.75) is 63.3 Å². The minimum atomic E-state index is -0.600. The van der Waals surface area contributed by atoms with Crippen LogP contribution in [0.1, 0.15) is 44.9 Å². The summed E-state index contributed by atoms with van der Waals surface area (Å²) in [6.07, 6.45) is 5.47. The van der Waals surface area contributed by atoms with Crippen LogP contribution in [0, 0.1) is 11.8 Å². The van der Waals surface area contributed by atoms with Crippen LogP contribution >= 0.6 is 0 Å². The van der Waals surface area contributed by atoms with Gasteiger partial charge in [0.2, 0.25) is 11.8 Å². The highest BCUT2D eigenvalue weighted by atomic mass is 16.3. The highest BCUT2D eigenvalue weighted by Gasteiger charge is 2.53. The molecule has 2 bridgehead atoms. The van der Waals surface area contributed by atoms with Crippen molar-refractivity contribution in [2.24, 2.45) is 11.8 Å². The molecule has 4 saturated heterocycles. The van der Waals surface area contributed by atoms with Crippen LogP contribution in [0.5, 0.6) is 0 Å². The van der Waals surface area contributed by atoms with Crippen molar-refractivity contribution in [3.63, 3.8) is 0 Å². The molecule has 2 amide bonds. The fourth-order valence-corrected chi connectivity index (χ4v) is 4.93. The Morgan fingerprint density at radius 2 is 1.85 bits per heavy atom. The lowest BCUT2D eigenvalue weighted by molar-refractivity contribution is -0.181. The van der Waals surface area contributed by atoms with Gasteiger partial charge in [-0.2, -0.15) is 0 Å². The van der Waals surface area contributed by atoms with Gasteiger partial charge in [0, 0.05) is 25.0 Å². The van der Waals surface area contributed by atoms with E-state index in [1.54, 1.807) is 4.90 Å². The van der Waals surface area contributed by atoms with Crippen molar-refractivity contribution in [1.82, 2.24) is 9.80 Å². The number of hydrogen-bond acceptors (Lipinski definition) is 3. The number of aliphatic hydroxyl groups is 1. The van der Waals surface area contributed by atoms with Gasteiger partial charge < -0.3 is 14.9 Å². The van der Waals surface area contributed by atoms with Crippen LogP contribution in [0.15, 0.2) is 0 Å². The summed E-state index contributed by atoms with van der Waals surface area (Å²) in [5.74, 6) is 0.629. The lowest BCUT2D eigenvalue weighted by Gasteiger charge is -2.57. The zero-order chi connectivity index (χ0) is 13.9. The maximum atomic E-state index is 12.8. The summed E-state index contributed by atoms with van der Waals surface area (Å²) in [7, 11) is 0. The number of aliphatic hydroxyl groups excluding tert-OH is 1. The van der Waals surface area contributed by atoms with Crippen LogP contribution in [0.2, 0.25) is 0 Å². The topological polar surface area (TPSA) is 60.9 Å². The number of amides is 2. The van der Waals surface area contributed by atoms with Crippen LogP contribution < -0.4 is 0 Å². The summed E-state index contributed by atoms with van der Waals surface area (Å²) < 4.78 is 0. The third-order valence-electron chi connectivity index (χ3n) is 5.82. The third-order valence-corrected chi connectivity index (χ3v) is 5.82. The van der Waals surface area contributed by atoms with Crippen LogP contribution in [0.3, 0.4) is 0 Å². The van der Waals surface area contributed by atoms with Gasteiger partial charge in [0.1, 0.15) is 6.23 Å². The molecule has 4 aliphatic rings. The van der Waals surface area contributed by atoms with Gasteiger partial charge in [0.05, 0.1) is 5.92 Å². The molecule has 4 heterocycles. The van der Waals surface area contributed by atoms with E-state index in [0.717, 1.165) is 38.6 Å². The molecule has 20 heavy (non-hydrogen) atoms. The first-order chi connectivity index (χ1) is 9.66. The number of piperidine rings is 4. The molecule has 0 spiro atoms. The first-order valence-electron chi connectivity index (χ1n) is 7.96. The molecule has 0 aromatic rings. The predicted octanol–water partition coefficient (Wildman–Crippen LogP) is 0.717. The second kappa shape index (κ2) is 4.45. The lowest BCUT2D eigenvalue weighted by atomic mass is 9.70. The Labute approximate surface area is 118 Å². The zero-order valence-corrected chi connectivity index (χ0v) is 11.7. The van der Waals surface area contributed by atoms with Gasteiger partial charge in [-0.05, 0) is 44.4 Å². The van der Waals surface area contributed by atoms with E-state index in [4.69, 9.17) is 0 Å². The predicted molar refractivity (Wildman–Crippen MR) is 71.4 cm³/mol. The van der Waals surface area contributed by atoms with E-state index in [9.17, 15) is 14.7 Å². The fraction of sp³-hybridized carbons (Fsp3) is 0.867. The van der Waals surface area contributed by atoms with Crippen molar-refractivity contribution in [3.05, 3.63) is 0 Å². The minimum absolute atomic E-state index is 0.0676. The smallest absolute Gasteiger partial charge is 0.230 e. The number of carbonyl (C=O) groups is 2. The summed E-state index contributed by atoms with van der Waals surface area (Å²) in [5.41, 5.74) is 0. The van der Waals surface area contributed by atoms with Crippen molar-refractivity contribution < 1.29 is 14.7 Å². The molecule has 4 aliphatic heterocycles. The molecular formula is C15H22N2O3. The van der Waals surface area contributed by atoms with Gasteiger partial charge in [-0.1, -0.05) is 0 Å². The first-order valence-corrected chi connectivity index (χ1v) is 7.96. The monoisotopic (exact) mass is 278 g/mol. The van der Waals surface area contributed by atoms with E-state index in [1.807, 2.05) is 4.90 Å². The molecule has 1 N–H and O–H groups in total. The van der Waals surface area contributed by atoms with E-state index >= 15 is 0 Å². The Bertz CT molecular complexity index is 452. The second-order valence-corrected chi connectivity index (χ2v) is 6.83. The number of carbonyl (C=O) groups excluding carboxylic acids is 2. The molecule has 0 unspecified atom stereocenters. The SMILES string of the molecule is O=C1CCC[C@@H]2[C@H]3C[C@@H](CN12)[C@@H]1CCC[C@@H](O)N1C3=O. The van der Waals surface area contributed by atoms with E-state index in [0.29, 0.717) is 18.8 Å². The van der Waals surface area contributed by atoms with Crippen molar-refractivity contribution >= 4 is 11.8 Å². The van der Waals surface area contributed by atoms with Crippen LogP contribution in [-0.4, -0.2) is 51.6 Å². The van der Waals surface area contributed by atoms with Crippen molar-refractivity contribution in [3.8, 4) is 0 Å². The Balaban J connectivity index is 1.68. The van der Waals surface area contributed by atoms with Crippen LogP contribution in [-0.2, 0) is 9.59 Å². The third kappa shape index (κ3) is 1.65. The second-order valence-electron chi connectivity index (χ2n) is 6.83. The van der Waals surface area contributed by atoms with Crippen molar-refractivity contribution in [2.75, 3.05) is 6.54 Å². The quantitative estimate of drug-likeness (QED) is 0.710. The van der Waals surface area contributed by atoms with E-state index in [-0.39, 0.29) is 29.8 Å². The molecule has 5 atom stereocenters. The maximum Gasteiger partial charge on any atom is 0.230 e. The van der Waals surface area contributed by atoms with E-state index in [1.165, 1.54) is 0 Å². The number of fused-ring (bicyclic) bond motifs is 6. The number of hydrogen-bond donors (Lipinski definition) is 1. The molecule has 5 nitrogen and oxygen atoms in total. The Kier molecular flexibility index (Phi) is 2.81. The van der Waals surface area contributed by atoms with Crippen LogP contribution in [0.25, 0.3) is 0 Å². The average molecular weight is 278 g/mol. The van der Waals surface area contributed by atoms with Gasteiger partial charge in [-0.3, -0.25) is 9.59 Å². The molecule has 5 heteroatoms. The normalized spacial score (nSPS) is 44.1. The van der Waals surface area contributed by atoms with Gasteiger partial charge in [-0.15, -0.1) is 0 Å². The van der Waals surface area contributed by atoms with Gasteiger partial charge in [-0.25, -0.2) is 0 Å². The molecule has 4 rings (SSSR count). The molecular weight excluding hydrogens is 256 g/mol. The number of nitrogens with zero attached hydrogens (tertiary/aromatic N) is 2. The molecule has 0 aliphatic carbocycles. The van der Waals surface area contributed by atoms with Gasteiger partial charge >= 0.3 is 0 Å². The Morgan fingerprint density at radius 1 is 1.05 bits per heavy atom. The standard InChI is InChI=1S/C15H22N2O3/c18-13-5-2-4-12-10-7-9(8-16(12)13)11-3-1-6-14(19)17(11)15(10)20/h9-12,14,19H,1-8H2/t9-,10+,11-,12+,14+/m0/s1. The highest BCUT2D eigenvalue weighted by Crippen LogP contribution is 2.44. The molecule has 0 aromatic carbocycles. The minimum Gasteiger partial charge on any atom is -0.374 e. The summed E-state index contributed by atoms with van der Waals surface area (Å²) in [6, 6.07) is 0.244. The average Bonchev–Trinajstić information content (AvgIpc) is 2.45. The molecule has 110 valence electrons. The summed E-state index contributed by atoms with van der Waals surface area (Å²) >= 11 is 0. The van der Waals surface area contributed by atoms with Gasteiger partial charge in [0.25, 0.3) is 0 Å². The summed E-state index contributed by atoms with van der Waals surface area (Å²) in [5, 5.41) is 10.2. The van der Waals surface area contributed by atoms with Crippen molar-refractivity contribution in [1.29, 1.82) is 0 Å². The largest absolute Gasteiger partial charge is 0.374 e. The Hall–Kier alpha value is -1.10. The molecule has 0 radical (unpaired) electrons. The lowest BCUT2D eigenvalue weighted by Crippen LogP contribution is -2.68. The molecule has 0 saturated carbocycles. The highest BCUT2D eigenvalue weighted by molar-refractivity contribution is 5.84. The van der Waals surface area contributed by atoms with Gasteiger partial charge in [0.15, 0.2) is 0 Å². The zero-order valence-electron chi connectivity index (χ0n) is 11.7. The summed E-state index contributed by atoms with van der Waals surface area (Å²) in [4.78, 5) is 28.7. The van der Waals surface area contributed by atoms with Crippen LogP contribution in [0.4, 0.5) is 0 Å². The fourth-order valence-electron chi connectivity index (χ4n) is 4.93. The van der Waals surface area contributed by atoms with E-state index in [2.05, 4.69) is 0 Å². The number of rotatable bonds is 0. The Morgan fingerprint density at radius 3 is 2.70 bits per heavy atom. The first kappa shape index (κ1) is 12.6. The maximum absolute atomic E-state index is 12.8. The molecule has 4 fully saturated rings. The molecule has 0 aromatic heterocycles. The summed E-state index contributed by atoms with van der Waals surface area (Å²) in [6.45, 7) is 0.793. The van der Waals surface area contributed by atoms with E-state index < -0.39 is 6.23 Å².